The molecule has 0 aromatic heterocycles. The van der Waals surface area contributed by atoms with Gasteiger partial charge in [-0.1, -0.05) is 25.5 Å². The van der Waals surface area contributed by atoms with Crippen LogP contribution in [0.15, 0.2) is 24.3 Å². The highest BCUT2D eigenvalue weighted by molar-refractivity contribution is 5.30. The zero-order valence-electron chi connectivity index (χ0n) is 13.3. The van der Waals surface area contributed by atoms with Crippen molar-refractivity contribution in [2.75, 3.05) is 20.3 Å². The first kappa shape index (κ1) is 16.3. The van der Waals surface area contributed by atoms with E-state index in [-0.39, 0.29) is 0 Å². The Morgan fingerprint density at radius 3 is 2.48 bits per heavy atom. The van der Waals surface area contributed by atoms with Crippen LogP contribution in [0.2, 0.25) is 0 Å². The molecule has 0 bridgehead atoms. The molecular formula is C18H29NO2. The Kier molecular flexibility index (Phi) is 6.52. The molecule has 118 valence electrons. The molecule has 1 fully saturated rings. The summed E-state index contributed by atoms with van der Waals surface area (Å²) < 4.78 is 5.24. The summed E-state index contributed by atoms with van der Waals surface area (Å²) in [5.41, 5.74) is 1.36. The molecule has 1 saturated carbocycles. The smallest absolute Gasteiger partial charge is 0.118 e. The van der Waals surface area contributed by atoms with Crippen LogP contribution in [-0.4, -0.2) is 25.4 Å². The van der Waals surface area contributed by atoms with E-state index in [0.717, 1.165) is 24.6 Å². The van der Waals surface area contributed by atoms with Gasteiger partial charge >= 0.3 is 0 Å². The van der Waals surface area contributed by atoms with E-state index >= 15 is 0 Å². The molecule has 2 rings (SSSR count). The van der Waals surface area contributed by atoms with E-state index in [1.54, 1.807) is 7.11 Å². The summed E-state index contributed by atoms with van der Waals surface area (Å²) >= 11 is 0. The standard InChI is InChI=1S/C18H29NO2/c1-3-4-14(11-12-20)13-19-18(15-5-6-15)16-7-9-17(21-2)10-8-16/h7-10,14-15,18-20H,3-6,11-13H2,1-2H3. The molecule has 1 aliphatic rings. The second-order valence-corrected chi connectivity index (χ2v) is 6.16. The van der Waals surface area contributed by atoms with Crippen LogP contribution in [0.5, 0.6) is 5.75 Å². The quantitative estimate of drug-likeness (QED) is 0.693. The Morgan fingerprint density at radius 1 is 1.24 bits per heavy atom. The molecule has 1 aliphatic carbocycles. The summed E-state index contributed by atoms with van der Waals surface area (Å²) in [6.07, 6.45) is 5.92. The third kappa shape index (κ3) is 5.01. The lowest BCUT2D eigenvalue weighted by molar-refractivity contribution is 0.243. The summed E-state index contributed by atoms with van der Waals surface area (Å²) in [5.74, 6) is 2.27. The van der Waals surface area contributed by atoms with Crippen LogP contribution in [0.3, 0.4) is 0 Å². The van der Waals surface area contributed by atoms with Gasteiger partial charge < -0.3 is 15.2 Å². The Hall–Kier alpha value is -1.06. The van der Waals surface area contributed by atoms with Crippen LogP contribution in [0.25, 0.3) is 0 Å². The summed E-state index contributed by atoms with van der Waals surface area (Å²) in [6.45, 7) is 3.51. The van der Waals surface area contributed by atoms with Crippen molar-refractivity contribution in [3.8, 4) is 5.75 Å². The van der Waals surface area contributed by atoms with Gasteiger partial charge in [-0.05, 0) is 61.8 Å². The maximum absolute atomic E-state index is 9.18. The molecule has 0 saturated heterocycles. The number of benzene rings is 1. The molecule has 2 N–H and O–H groups in total. The number of aliphatic hydroxyl groups is 1. The van der Waals surface area contributed by atoms with Crippen molar-refractivity contribution in [1.29, 1.82) is 0 Å². The summed E-state index contributed by atoms with van der Waals surface area (Å²) in [7, 11) is 1.70. The molecule has 1 aromatic carbocycles. The molecule has 3 nitrogen and oxygen atoms in total. The van der Waals surface area contributed by atoms with Crippen molar-refractivity contribution in [1.82, 2.24) is 5.32 Å². The van der Waals surface area contributed by atoms with E-state index in [9.17, 15) is 5.11 Å². The van der Waals surface area contributed by atoms with Crippen molar-refractivity contribution in [3.63, 3.8) is 0 Å². The van der Waals surface area contributed by atoms with E-state index in [1.165, 1.54) is 31.2 Å². The van der Waals surface area contributed by atoms with Gasteiger partial charge in [0.1, 0.15) is 5.75 Å². The minimum atomic E-state index is 0.295. The molecule has 2 atom stereocenters. The Bertz CT molecular complexity index is 394. The second kappa shape index (κ2) is 8.40. The first-order valence-electron chi connectivity index (χ1n) is 8.26. The number of nitrogens with one attached hydrogen (secondary N) is 1. The molecule has 21 heavy (non-hydrogen) atoms. The first-order valence-corrected chi connectivity index (χ1v) is 8.26. The van der Waals surface area contributed by atoms with Crippen LogP contribution in [0.1, 0.15) is 50.6 Å². The Labute approximate surface area is 128 Å². The highest BCUT2D eigenvalue weighted by Gasteiger charge is 2.32. The Balaban J connectivity index is 1.94. The van der Waals surface area contributed by atoms with Gasteiger partial charge in [0.25, 0.3) is 0 Å². The number of hydrogen-bond acceptors (Lipinski definition) is 3. The molecule has 0 aliphatic heterocycles. The van der Waals surface area contributed by atoms with Crippen LogP contribution in [0, 0.1) is 11.8 Å². The summed E-state index contributed by atoms with van der Waals surface area (Å²) in [5, 5.41) is 12.9. The molecule has 3 heteroatoms. The SMILES string of the molecule is CCCC(CCO)CNC(c1ccc(OC)cc1)C1CC1. The highest BCUT2D eigenvalue weighted by Crippen LogP contribution is 2.41. The third-order valence-corrected chi connectivity index (χ3v) is 4.43. The zero-order chi connectivity index (χ0) is 15.1. The summed E-state index contributed by atoms with van der Waals surface area (Å²) in [6, 6.07) is 8.90. The van der Waals surface area contributed by atoms with E-state index < -0.39 is 0 Å². The van der Waals surface area contributed by atoms with Crippen LogP contribution >= 0.6 is 0 Å². The van der Waals surface area contributed by atoms with Gasteiger partial charge in [0.15, 0.2) is 0 Å². The fraction of sp³-hybridized carbons (Fsp3) is 0.667. The van der Waals surface area contributed by atoms with Gasteiger partial charge in [-0.15, -0.1) is 0 Å². The minimum Gasteiger partial charge on any atom is -0.497 e. The molecular weight excluding hydrogens is 262 g/mol. The second-order valence-electron chi connectivity index (χ2n) is 6.16. The van der Waals surface area contributed by atoms with Gasteiger partial charge in [0.05, 0.1) is 7.11 Å². The lowest BCUT2D eigenvalue weighted by Crippen LogP contribution is -2.29. The third-order valence-electron chi connectivity index (χ3n) is 4.43. The topological polar surface area (TPSA) is 41.5 Å². The van der Waals surface area contributed by atoms with Crippen molar-refractivity contribution in [3.05, 3.63) is 29.8 Å². The monoisotopic (exact) mass is 291 g/mol. The van der Waals surface area contributed by atoms with E-state index in [2.05, 4.69) is 24.4 Å². The minimum absolute atomic E-state index is 0.295. The summed E-state index contributed by atoms with van der Waals surface area (Å²) in [4.78, 5) is 0. The van der Waals surface area contributed by atoms with Gasteiger partial charge in [-0.2, -0.15) is 0 Å². The molecule has 2 unspecified atom stereocenters. The van der Waals surface area contributed by atoms with Crippen molar-refractivity contribution >= 4 is 0 Å². The van der Waals surface area contributed by atoms with Gasteiger partial charge in [-0.25, -0.2) is 0 Å². The van der Waals surface area contributed by atoms with Crippen LogP contribution in [-0.2, 0) is 0 Å². The van der Waals surface area contributed by atoms with Crippen LogP contribution < -0.4 is 10.1 Å². The largest absolute Gasteiger partial charge is 0.497 e. The average Bonchev–Trinajstić information content (AvgIpc) is 3.33. The predicted octanol–water partition coefficient (Wildman–Crippen LogP) is 3.53. The number of methoxy groups -OCH3 is 1. The lowest BCUT2D eigenvalue weighted by atomic mass is 9.97. The molecule has 0 radical (unpaired) electrons. The molecule has 0 spiro atoms. The Morgan fingerprint density at radius 2 is 1.95 bits per heavy atom. The van der Waals surface area contributed by atoms with E-state index in [4.69, 9.17) is 4.74 Å². The van der Waals surface area contributed by atoms with Crippen molar-refractivity contribution in [2.24, 2.45) is 11.8 Å². The normalized spacial score (nSPS) is 17.5. The molecule has 0 amide bonds. The number of hydrogen-bond donors (Lipinski definition) is 2. The number of ether oxygens (including phenoxy) is 1. The van der Waals surface area contributed by atoms with Gasteiger partial charge in [0.2, 0.25) is 0 Å². The maximum atomic E-state index is 9.18. The average molecular weight is 291 g/mol. The number of aliphatic hydroxyl groups excluding tert-OH is 1. The highest BCUT2D eigenvalue weighted by atomic mass is 16.5. The van der Waals surface area contributed by atoms with Crippen LogP contribution in [0.4, 0.5) is 0 Å². The molecule has 1 aromatic rings. The van der Waals surface area contributed by atoms with Crippen molar-refractivity contribution in [2.45, 2.75) is 45.1 Å². The fourth-order valence-corrected chi connectivity index (χ4v) is 3.03. The van der Waals surface area contributed by atoms with Gasteiger partial charge in [0, 0.05) is 12.6 Å². The molecule has 0 heterocycles. The first-order chi connectivity index (χ1) is 10.3. The predicted molar refractivity (Wildman–Crippen MR) is 86.6 cm³/mol. The maximum Gasteiger partial charge on any atom is 0.118 e. The van der Waals surface area contributed by atoms with E-state index in [0.29, 0.717) is 18.6 Å². The lowest BCUT2D eigenvalue weighted by Gasteiger charge is -2.23. The fourth-order valence-electron chi connectivity index (χ4n) is 3.03. The number of rotatable bonds is 10. The van der Waals surface area contributed by atoms with E-state index in [1.807, 2.05) is 12.1 Å². The zero-order valence-corrected chi connectivity index (χ0v) is 13.3. The van der Waals surface area contributed by atoms with Crippen molar-refractivity contribution < 1.29 is 9.84 Å². The van der Waals surface area contributed by atoms with Gasteiger partial charge in [-0.3, -0.25) is 0 Å².